The fourth-order valence-electron chi connectivity index (χ4n) is 3.02. The predicted octanol–water partition coefficient (Wildman–Crippen LogP) is 3.70. The van der Waals surface area contributed by atoms with Crippen LogP contribution in [0.2, 0.25) is 0 Å². The normalized spacial score (nSPS) is 11.1. The van der Waals surface area contributed by atoms with Crippen LogP contribution < -0.4 is 10.1 Å². The second-order valence-electron chi connectivity index (χ2n) is 7.05. The van der Waals surface area contributed by atoms with Crippen LogP contribution in [0.3, 0.4) is 0 Å². The van der Waals surface area contributed by atoms with Crippen molar-refractivity contribution in [2.24, 2.45) is 0 Å². The molecule has 0 aliphatic rings. The smallest absolute Gasteiger partial charge is 0.352 e. The molecule has 0 saturated carbocycles. The molecule has 3 aromatic carbocycles. The van der Waals surface area contributed by atoms with Crippen LogP contribution in [0.15, 0.2) is 97.2 Å². The van der Waals surface area contributed by atoms with Crippen molar-refractivity contribution in [3.63, 3.8) is 0 Å². The van der Waals surface area contributed by atoms with Crippen molar-refractivity contribution in [2.75, 3.05) is 0 Å². The number of carboxylic acid groups (broad SMARTS) is 1. The van der Waals surface area contributed by atoms with E-state index in [1.807, 2.05) is 24.3 Å². The first-order valence-electron chi connectivity index (χ1n) is 10.1. The number of nitrogens with zero attached hydrogens (tertiary/aromatic N) is 3. The number of benzene rings is 3. The summed E-state index contributed by atoms with van der Waals surface area (Å²) < 4.78 is 7.48. The first-order valence-corrected chi connectivity index (χ1v) is 10.1. The van der Waals surface area contributed by atoms with E-state index in [4.69, 9.17) is 4.74 Å². The molecule has 0 atom stereocenters. The monoisotopic (exact) mass is 440 g/mol. The van der Waals surface area contributed by atoms with Crippen LogP contribution in [0, 0.1) is 0 Å². The van der Waals surface area contributed by atoms with Crippen molar-refractivity contribution < 1.29 is 19.4 Å². The SMILES string of the molecule is O=C(O)C(=Cc1ccc(OCc2ccc(-n3cncn3)cc2)cc1)NC(=O)c1ccccc1. The first-order chi connectivity index (χ1) is 16.1. The largest absolute Gasteiger partial charge is 0.489 e. The summed E-state index contributed by atoms with van der Waals surface area (Å²) in [6, 6.07) is 23.1. The molecule has 0 bridgehead atoms. The van der Waals surface area contributed by atoms with Crippen LogP contribution in [0.25, 0.3) is 11.8 Å². The molecule has 4 aromatic rings. The molecule has 8 heteroatoms. The molecule has 0 unspecified atom stereocenters. The third kappa shape index (κ3) is 5.71. The number of carbonyl (C=O) groups excluding carboxylic acids is 1. The fraction of sp³-hybridized carbons (Fsp3) is 0.0400. The average molecular weight is 440 g/mol. The minimum absolute atomic E-state index is 0.218. The highest BCUT2D eigenvalue weighted by Gasteiger charge is 2.13. The highest BCUT2D eigenvalue weighted by molar-refractivity contribution is 6.02. The van der Waals surface area contributed by atoms with Gasteiger partial charge in [0.15, 0.2) is 0 Å². The highest BCUT2D eigenvalue weighted by Crippen LogP contribution is 2.17. The van der Waals surface area contributed by atoms with Crippen LogP contribution >= 0.6 is 0 Å². The zero-order valence-electron chi connectivity index (χ0n) is 17.5. The number of hydrogen-bond acceptors (Lipinski definition) is 5. The first kappa shape index (κ1) is 21.5. The van der Waals surface area contributed by atoms with Crippen molar-refractivity contribution in [1.82, 2.24) is 20.1 Å². The Morgan fingerprint density at radius 3 is 2.33 bits per heavy atom. The number of ether oxygens (including phenoxy) is 1. The fourth-order valence-corrected chi connectivity index (χ4v) is 3.02. The van der Waals surface area contributed by atoms with Gasteiger partial charge in [-0.2, -0.15) is 5.10 Å². The number of nitrogens with one attached hydrogen (secondary N) is 1. The second kappa shape index (κ2) is 10.1. The lowest BCUT2D eigenvalue weighted by atomic mass is 10.1. The minimum atomic E-state index is -1.23. The maximum absolute atomic E-state index is 12.3. The summed E-state index contributed by atoms with van der Waals surface area (Å²) in [5, 5.41) is 16.0. The predicted molar refractivity (Wildman–Crippen MR) is 122 cm³/mol. The van der Waals surface area contributed by atoms with Gasteiger partial charge in [0.1, 0.15) is 30.7 Å². The topological polar surface area (TPSA) is 106 Å². The number of aromatic nitrogens is 3. The highest BCUT2D eigenvalue weighted by atomic mass is 16.5. The van der Waals surface area contributed by atoms with Gasteiger partial charge in [-0.15, -0.1) is 0 Å². The van der Waals surface area contributed by atoms with E-state index in [0.717, 1.165) is 11.3 Å². The van der Waals surface area contributed by atoms with E-state index in [1.54, 1.807) is 65.6 Å². The van der Waals surface area contributed by atoms with E-state index < -0.39 is 11.9 Å². The van der Waals surface area contributed by atoms with Gasteiger partial charge in [0.25, 0.3) is 5.91 Å². The maximum atomic E-state index is 12.3. The van der Waals surface area contributed by atoms with Crippen LogP contribution in [-0.4, -0.2) is 31.7 Å². The van der Waals surface area contributed by atoms with Crippen LogP contribution in [-0.2, 0) is 11.4 Å². The van der Waals surface area contributed by atoms with Gasteiger partial charge in [-0.25, -0.2) is 14.5 Å². The molecule has 164 valence electrons. The third-order valence-electron chi connectivity index (χ3n) is 4.73. The van der Waals surface area contributed by atoms with Gasteiger partial charge in [0.2, 0.25) is 0 Å². The Kier molecular flexibility index (Phi) is 6.56. The molecule has 0 aliphatic heterocycles. The minimum Gasteiger partial charge on any atom is -0.489 e. The molecule has 1 amide bonds. The lowest BCUT2D eigenvalue weighted by Crippen LogP contribution is -2.27. The van der Waals surface area contributed by atoms with Crippen molar-refractivity contribution in [1.29, 1.82) is 0 Å². The Labute approximate surface area is 189 Å². The maximum Gasteiger partial charge on any atom is 0.352 e. The summed E-state index contributed by atoms with van der Waals surface area (Å²) in [5.74, 6) is -1.08. The molecule has 0 spiro atoms. The molecule has 0 aliphatic carbocycles. The van der Waals surface area contributed by atoms with Crippen molar-refractivity contribution >= 4 is 18.0 Å². The van der Waals surface area contributed by atoms with Gasteiger partial charge in [-0.05, 0) is 53.6 Å². The molecular formula is C25H20N4O4. The average Bonchev–Trinajstić information content (AvgIpc) is 3.39. The zero-order valence-corrected chi connectivity index (χ0v) is 17.5. The van der Waals surface area contributed by atoms with Crippen LogP contribution in [0.5, 0.6) is 5.75 Å². The van der Waals surface area contributed by atoms with Gasteiger partial charge in [0, 0.05) is 5.56 Å². The van der Waals surface area contributed by atoms with E-state index in [1.165, 1.54) is 12.4 Å². The van der Waals surface area contributed by atoms with E-state index >= 15 is 0 Å². The number of carbonyl (C=O) groups is 2. The van der Waals surface area contributed by atoms with E-state index in [-0.39, 0.29) is 5.70 Å². The molecule has 0 fully saturated rings. The van der Waals surface area contributed by atoms with Crippen molar-refractivity contribution in [3.05, 3.63) is 114 Å². The summed E-state index contributed by atoms with van der Waals surface area (Å²) in [6.07, 6.45) is 4.51. The number of amides is 1. The molecule has 4 rings (SSSR count). The van der Waals surface area contributed by atoms with Crippen LogP contribution in [0.4, 0.5) is 0 Å². The quantitative estimate of drug-likeness (QED) is 0.405. The molecule has 1 aromatic heterocycles. The van der Waals surface area contributed by atoms with Gasteiger partial charge >= 0.3 is 5.97 Å². The van der Waals surface area contributed by atoms with Crippen molar-refractivity contribution in [3.8, 4) is 11.4 Å². The Hall–Kier alpha value is -4.72. The lowest BCUT2D eigenvalue weighted by molar-refractivity contribution is -0.132. The lowest BCUT2D eigenvalue weighted by Gasteiger charge is -2.09. The molecule has 1 heterocycles. The van der Waals surface area contributed by atoms with Gasteiger partial charge < -0.3 is 15.2 Å². The molecule has 2 N–H and O–H groups in total. The Morgan fingerprint density at radius 2 is 1.70 bits per heavy atom. The number of rotatable bonds is 8. The molecule has 33 heavy (non-hydrogen) atoms. The number of carboxylic acids is 1. The summed E-state index contributed by atoms with van der Waals surface area (Å²) in [7, 11) is 0. The molecule has 8 nitrogen and oxygen atoms in total. The number of aliphatic carboxylic acids is 1. The Morgan fingerprint density at radius 1 is 0.970 bits per heavy atom. The Bertz CT molecular complexity index is 1250. The Balaban J connectivity index is 1.37. The standard InChI is InChI=1S/C25H20N4O4/c30-24(20-4-2-1-3-5-20)28-23(25(31)32)14-18-8-12-22(13-9-18)33-15-19-6-10-21(11-7-19)29-17-26-16-27-29/h1-14,16-17H,15H2,(H,28,30)(H,31,32). The van der Waals surface area contributed by atoms with Crippen molar-refractivity contribution in [2.45, 2.75) is 6.61 Å². The van der Waals surface area contributed by atoms with Gasteiger partial charge in [0.05, 0.1) is 5.69 Å². The van der Waals surface area contributed by atoms with E-state index in [0.29, 0.717) is 23.5 Å². The second-order valence-corrected chi connectivity index (χ2v) is 7.05. The van der Waals surface area contributed by atoms with Gasteiger partial charge in [-0.3, -0.25) is 4.79 Å². The number of hydrogen-bond donors (Lipinski definition) is 2. The summed E-state index contributed by atoms with van der Waals surface area (Å²) in [5.41, 5.74) is 2.67. The third-order valence-corrected chi connectivity index (χ3v) is 4.73. The zero-order chi connectivity index (χ0) is 23.0. The summed E-state index contributed by atoms with van der Waals surface area (Å²) >= 11 is 0. The van der Waals surface area contributed by atoms with Gasteiger partial charge in [-0.1, -0.05) is 42.5 Å². The summed E-state index contributed by atoms with van der Waals surface area (Å²) in [4.78, 5) is 27.8. The molecule has 0 saturated heterocycles. The van der Waals surface area contributed by atoms with E-state index in [2.05, 4.69) is 15.4 Å². The summed E-state index contributed by atoms with van der Waals surface area (Å²) in [6.45, 7) is 0.375. The molecule has 0 radical (unpaired) electrons. The van der Waals surface area contributed by atoms with E-state index in [9.17, 15) is 14.7 Å². The molecular weight excluding hydrogens is 420 g/mol. The van der Waals surface area contributed by atoms with Crippen LogP contribution in [0.1, 0.15) is 21.5 Å².